The quantitative estimate of drug-likeness (QED) is 0.829. The normalized spacial score (nSPS) is 22.9. The lowest BCUT2D eigenvalue weighted by atomic mass is 10.2. The largest absolute Gasteiger partial charge is 0.480 e. The van der Waals surface area contributed by atoms with Crippen LogP contribution < -0.4 is 0 Å². The van der Waals surface area contributed by atoms with E-state index in [4.69, 9.17) is 22.0 Å². The monoisotopic (exact) mass is 330 g/mol. The number of halogens is 1. The van der Waals surface area contributed by atoms with Crippen LogP contribution >= 0.6 is 11.6 Å². The number of nitriles is 1. The second-order valence-electron chi connectivity index (χ2n) is 4.57. The maximum atomic E-state index is 12.6. The number of hydrogen-bond acceptors (Lipinski definition) is 5. The van der Waals surface area contributed by atoms with Crippen LogP contribution in [-0.2, 0) is 14.8 Å². The number of rotatable bonds is 3. The van der Waals surface area contributed by atoms with Crippen LogP contribution in [0.1, 0.15) is 12.0 Å². The average Bonchev–Trinajstić information content (AvgIpc) is 2.82. The summed E-state index contributed by atoms with van der Waals surface area (Å²) in [5, 5.41) is 27.7. The van der Waals surface area contributed by atoms with Crippen molar-refractivity contribution in [3.63, 3.8) is 0 Å². The molecule has 0 aromatic heterocycles. The van der Waals surface area contributed by atoms with Gasteiger partial charge in [-0.3, -0.25) is 4.79 Å². The fourth-order valence-electron chi connectivity index (χ4n) is 2.20. The number of aliphatic hydroxyl groups is 1. The molecule has 0 amide bonds. The van der Waals surface area contributed by atoms with Crippen molar-refractivity contribution in [1.82, 2.24) is 4.31 Å². The number of carbonyl (C=O) groups is 1. The second kappa shape index (κ2) is 5.61. The third kappa shape index (κ3) is 2.87. The molecule has 0 radical (unpaired) electrons. The van der Waals surface area contributed by atoms with Crippen molar-refractivity contribution in [2.45, 2.75) is 23.5 Å². The number of carboxylic acids is 1. The predicted molar refractivity (Wildman–Crippen MR) is 72.1 cm³/mol. The summed E-state index contributed by atoms with van der Waals surface area (Å²) in [4.78, 5) is 10.8. The van der Waals surface area contributed by atoms with Gasteiger partial charge in [0, 0.05) is 18.0 Å². The molecule has 0 spiro atoms. The van der Waals surface area contributed by atoms with E-state index in [0.29, 0.717) is 4.31 Å². The molecule has 1 aliphatic rings. The molecule has 1 fully saturated rings. The highest BCUT2D eigenvalue weighted by molar-refractivity contribution is 7.89. The van der Waals surface area contributed by atoms with Crippen LogP contribution in [0.4, 0.5) is 0 Å². The minimum atomic E-state index is -4.25. The first-order valence-electron chi connectivity index (χ1n) is 5.89. The number of benzene rings is 1. The number of aliphatic carboxylic acids is 1. The zero-order valence-corrected chi connectivity index (χ0v) is 12.2. The molecule has 1 aliphatic heterocycles. The zero-order valence-electron chi connectivity index (χ0n) is 10.6. The average molecular weight is 331 g/mol. The summed E-state index contributed by atoms with van der Waals surface area (Å²) in [6, 6.07) is 4.08. The Morgan fingerprint density at radius 1 is 1.48 bits per heavy atom. The molecule has 2 rings (SSSR count). The Bertz CT molecular complexity index is 728. The van der Waals surface area contributed by atoms with E-state index < -0.39 is 28.1 Å². The van der Waals surface area contributed by atoms with Crippen molar-refractivity contribution in [3.8, 4) is 6.07 Å². The van der Waals surface area contributed by atoms with Gasteiger partial charge in [0.15, 0.2) is 0 Å². The lowest BCUT2D eigenvalue weighted by molar-refractivity contribution is -0.140. The van der Waals surface area contributed by atoms with Gasteiger partial charge in [-0.25, -0.2) is 8.42 Å². The summed E-state index contributed by atoms with van der Waals surface area (Å²) in [6.45, 7) is -0.337. The fraction of sp³-hybridized carbons (Fsp3) is 0.333. The number of sulfonamides is 1. The minimum Gasteiger partial charge on any atom is -0.480 e. The summed E-state index contributed by atoms with van der Waals surface area (Å²) < 4.78 is 25.8. The molecule has 2 atom stereocenters. The van der Waals surface area contributed by atoms with E-state index in [-0.39, 0.29) is 28.4 Å². The minimum absolute atomic E-state index is 0.110. The zero-order chi connectivity index (χ0) is 15.8. The summed E-state index contributed by atoms with van der Waals surface area (Å²) >= 11 is 5.76. The molecule has 2 N–H and O–H groups in total. The lowest BCUT2D eigenvalue weighted by Gasteiger charge is -2.21. The maximum absolute atomic E-state index is 12.6. The van der Waals surface area contributed by atoms with Crippen molar-refractivity contribution < 1.29 is 23.4 Å². The topological polar surface area (TPSA) is 119 Å². The maximum Gasteiger partial charge on any atom is 0.322 e. The number of nitrogens with zero attached hydrogens (tertiary/aromatic N) is 2. The molecule has 7 nitrogen and oxygen atoms in total. The summed E-state index contributed by atoms with van der Waals surface area (Å²) in [6.07, 6.45) is -1.26. The number of hydrogen-bond donors (Lipinski definition) is 2. The summed E-state index contributed by atoms with van der Waals surface area (Å²) in [5.41, 5.74) is -0.134. The molecule has 1 unspecified atom stereocenters. The van der Waals surface area contributed by atoms with E-state index in [9.17, 15) is 18.3 Å². The van der Waals surface area contributed by atoms with Gasteiger partial charge >= 0.3 is 5.97 Å². The van der Waals surface area contributed by atoms with Crippen LogP contribution in [0.15, 0.2) is 23.1 Å². The van der Waals surface area contributed by atoms with Crippen LogP contribution in [-0.4, -0.2) is 47.6 Å². The lowest BCUT2D eigenvalue weighted by Crippen LogP contribution is -2.40. The van der Waals surface area contributed by atoms with Crippen molar-refractivity contribution in [3.05, 3.63) is 28.8 Å². The number of β-amino-alcohol motifs (C(OH)–C–C–N with tert-alkyl or cyclic N) is 1. The van der Waals surface area contributed by atoms with Crippen molar-refractivity contribution >= 4 is 27.6 Å². The molecule has 0 saturated carbocycles. The van der Waals surface area contributed by atoms with Crippen molar-refractivity contribution in [1.29, 1.82) is 5.26 Å². The molecule has 1 aromatic carbocycles. The van der Waals surface area contributed by atoms with E-state index in [2.05, 4.69) is 0 Å². The van der Waals surface area contributed by atoms with Crippen LogP contribution in [0.25, 0.3) is 0 Å². The predicted octanol–water partition coefficient (Wildman–Crippen LogP) is 0.420. The molecule has 21 heavy (non-hydrogen) atoms. The van der Waals surface area contributed by atoms with Gasteiger partial charge in [0.25, 0.3) is 0 Å². The van der Waals surface area contributed by atoms with E-state index in [1.165, 1.54) is 12.1 Å². The Kier molecular flexibility index (Phi) is 4.20. The molecule has 9 heteroatoms. The first-order chi connectivity index (χ1) is 9.77. The highest BCUT2D eigenvalue weighted by Gasteiger charge is 2.44. The Balaban J connectivity index is 2.55. The van der Waals surface area contributed by atoms with E-state index in [1.54, 1.807) is 6.07 Å². The molecule has 1 heterocycles. The summed E-state index contributed by atoms with van der Waals surface area (Å²) in [5.74, 6) is -1.35. The second-order valence-corrected chi connectivity index (χ2v) is 6.87. The molecular weight excluding hydrogens is 320 g/mol. The first kappa shape index (κ1) is 15.7. The molecule has 1 saturated heterocycles. The number of carboxylic acid groups (broad SMARTS) is 1. The van der Waals surface area contributed by atoms with Gasteiger partial charge in [-0.15, -0.1) is 0 Å². The Morgan fingerprint density at radius 3 is 2.71 bits per heavy atom. The van der Waals surface area contributed by atoms with Crippen LogP contribution in [0.5, 0.6) is 0 Å². The highest BCUT2D eigenvalue weighted by Crippen LogP contribution is 2.29. The van der Waals surface area contributed by atoms with E-state index in [1.807, 2.05) is 0 Å². The van der Waals surface area contributed by atoms with Crippen LogP contribution in [0.3, 0.4) is 0 Å². The molecule has 1 aromatic rings. The van der Waals surface area contributed by atoms with Gasteiger partial charge in [-0.05, 0) is 18.2 Å². The van der Waals surface area contributed by atoms with Gasteiger partial charge in [-0.1, -0.05) is 11.6 Å². The van der Waals surface area contributed by atoms with E-state index in [0.717, 1.165) is 6.07 Å². The van der Waals surface area contributed by atoms with Gasteiger partial charge in [0.1, 0.15) is 17.0 Å². The molecule has 112 valence electrons. The van der Waals surface area contributed by atoms with Gasteiger partial charge in [-0.2, -0.15) is 9.57 Å². The van der Waals surface area contributed by atoms with E-state index >= 15 is 0 Å². The van der Waals surface area contributed by atoms with Gasteiger partial charge < -0.3 is 10.2 Å². The van der Waals surface area contributed by atoms with Gasteiger partial charge in [0.2, 0.25) is 10.0 Å². The SMILES string of the molecule is N#Cc1ccc(Cl)cc1S(=O)(=O)N1CC(O)C[C@H]1C(=O)O. The third-order valence-electron chi connectivity index (χ3n) is 3.17. The molecular formula is C12H11ClN2O5S. The number of aliphatic hydroxyl groups excluding tert-OH is 1. The standard InChI is InChI=1S/C12H11ClN2O5S/c13-8-2-1-7(5-14)11(3-8)21(19,20)15-6-9(16)4-10(15)12(17)18/h1-3,9-10,16H,4,6H2,(H,17,18)/t9?,10-/m0/s1. The molecule has 0 bridgehead atoms. The highest BCUT2D eigenvalue weighted by atomic mass is 35.5. The van der Waals surface area contributed by atoms with Crippen molar-refractivity contribution in [2.24, 2.45) is 0 Å². The van der Waals surface area contributed by atoms with Gasteiger partial charge in [0.05, 0.1) is 11.7 Å². The van der Waals surface area contributed by atoms with Crippen LogP contribution in [0.2, 0.25) is 5.02 Å². The third-order valence-corrected chi connectivity index (χ3v) is 5.32. The Morgan fingerprint density at radius 2 is 2.14 bits per heavy atom. The first-order valence-corrected chi connectivity index (χ1v) is 7.71. The Labute approximate surface area is 126 Å². The smallest absolute Gasteiger partial charge is 0.322 e. The summed E-state index contributed by atoms with van der Waals surface area (Å²) in [7, 11) is -4.25. The van der Waals surface area contributed by atoms with Crippen LogP contribution in [0, 0.1) is 11.3 Å². The van der Waals surface area contributed by atoms with Crippen molar-refractivity contribution in [2.75, 3.05) is 6.54 Å². The molecule has 0 aliphatic carbocycles. The Hall–Kier alpha value is -1.66. The fourth-order valence-corrected chi connectivity index (χ4v) is 4.24.